The van der Waals surface area contributed by atoms with Crippen LogP contribution in [0.5, 0.6) is 0 Å². The molecule has 0 unspecified atom stereocenters. The summed E-state index contributed by atoms with van der Waals surface area (Å²) in [5.41, 5.74) is 37.1. The minimum absolute atomic E-state index is 0.0862. The van der Waals surface area contributed by atoms with Crippen LogP contribution in [0.4, 0.5) is 0 Å². The number of nitrogens with zero attached hydrogens (tertiary/aromatic N) is 16. The van der Waals surface area contributed by atoms with Crippen LogP contribution in [0.3, 0.4) is 0 Å². The number of hydrogen-bond donors (Lipinski definition) is 9. The van der Waals surface area contributed by atoms with Gasteiger partial charge < -0.3 is 19.8 Å². The smallest absolute Gasteiger partial charge is 0.355 e. The molecule has 5 aliphatic rings. The molecular weight excluding hydrogens is 1630 g/mol. The van der Waals surface area contributed by atoms with Crippen molar-refractivity contribution in [2.24, 2.45) is 7.05 Å². The van der Waals surface area contributed by atoms with Crippen LogP contribution >= 0.6 is 22.6 Å². The first-order valence-electron chi connectivity index (χ1n) is 42.0. The topological polar surface area (TPSA) is 363 Å². The summed E-state index contributed by atoms with van der Waals surface area (Å²) in [6.45, 7) is 4.72. The molecule has 121 heavy (non-hydrogen) atoms. The van der Waals surface area contributed by atoms with Gasteiger partial charge in [-0.25, -0.2) is 34.7 Å². The summed E-state index contributed by atoms with van der Waals surface area (Å²) in [7, 11) is 3.37. The fourth-order valence-electron chi connectivity index (χ4n) is 19.8. The molecule has 0 atom stereocenters. The number of carbonyl (C=O) groups excluding carboxylic acids is 1. The van der Waals surface area contributed by atoms with Gasteiger partial charge in [0.1, 0.15) is 9.39 Å². The molecule has 0 saturated heterocycles. The van der Waals surface area contributed by atoms with E-state index in [-0.39, 0.29) is 12.6 Å². The molecular formula is C93H87IN24O3. The van der Waals surface area contributed by atoms with Crippen LogP contribution in [0, 0.1) is 17.5 Å². The molecule has 15 aromatic heterocycles. The first kappa shape index (κ1) is 75.3. The van der Waals surface area contributed by atoms with Gasteiger partial charge in [0.2, 0.25) is 0 Å². The number of H-pyrrole nitrogens is 8. The van der Waals surface area contributed by atoms with Crippen LogP contribution in [0.1, 0.15) is 142 Å². The molecule has 28 heteroatoms. The largest absolute Gasteiger partial charge is 0.464 e. The Morgan fingerprint density at radius 2 is 0.860 bits per heavy atom. The normalized spacial score (nSPS) is 14.3. The first-order valence-corrected chi connectivity index (χ1v) is 43.1. The number of pyridine rings is 5. The Balaban J connectivity index is 0.0000000934. The van der Waals surface area contributed by atoms with E-state index < -0.39 is 0 Å². The van der Waals surface area contributed by atoms with E-state index in [1.807, 2.05) is 85.6 Å². The van der Waals surface area contributed by atoms with Gasteiger partial charge >= 0.3 is 5.97 Å². The first-order chi connectivity index (χ1) is 59.5. The van der Waals surface area contributed by atoms with Crippen LogP contribution in [0.25, 0.3) is 165 Å². The van der Waals surface area contributed by atoms with E-state index in [0.29, 0.717) is 12.2 Å². The van der Waals surface area contributed by atoms with Gasteiger partial charge in [-0.1, -0.05) is 0 Å². The number of fused-ring (bicyclic) bond motifs is 25. The zero-order valence-corrected chi connectivity index (χ0v) is 69.7. The van der Waals surface area contributed by atoms with Gasteiger partial charge in [0, 0.05) is 107 Å². The number of hydrogen-bond acceptors (Lipinski definition) is 17. The van der Waals surface area contributed by atoms with E-state index in [9.17, 15) is 4.79 Å². The molecule has 0 bridgehead atoms. The molecule has 9 N–H and O–H groups in total. The molecule has 5 aromatic carbocycles. The second kappa shape index (κ2) is 31.5. The molecule has 0 spiro atoms. The Kier molecular flexibility index (Phi) is 19.6. The number of aryl methyl sites for hydroxylation is 8. The molecule has 5 aliphatic carbocycles. The number of methoxy groups -OCH3 is 1. The van der Waals surface area contributed by atoms with Gasteiger partial charge in [0.25, 0.3) is 0 Å². The number of aromatic amines is 8. The molecule has 0 aliphatic heterocycles. The highest BCUT2D eigenvalue weighted by molar-refractivity contribution is 14.1. The maximum atomic E-state index is 12.1. The van der Waals surface area contributed by atoms with Crippen LogP contribution in [-0.4, -0.2) is 145 Å². The quantitative estimate of drug-likeness (QED) is 0.0504. The highest BCUT2D eigenvalue weighted by Gasteiger charge is 2.30. The summed E-state index contributed by atoms with van der Waals surface area (Å²) in [6.07, 6.45) is 43.6. The van der Waals surface area contributed by atoms with Crippen LogP contribution in [0.15, 0.2) is 135 Å². The lowest BCUT2D eigenvalue weighted by Crippen LogP contribution is -2.10. The average Bonchev–Trinajstić information content (AvgIpc) is 1.69. The van der Waals surface area contributed by atoms with Gasteiger partial charge in [-0.3, -0.25) is 40.0 Å². The van der Waals surface area contributed by atoms with Crippen molar-refractivity contribution in [2.45, 2.75) is 149 Å². The summed E-state index contributed by atoms with van der Waals surface area (Å²) in [5.74, 6) is -0.373. The van der Waals surface area contributed by atoms with E-state index in [0.717, 1.165) is 214 Å². The van der Waals surface area contributed by atoms with Gasteiger partial charge in [0.15, 0.2) is 0 Å². The third kappa shape index (κ3) is 13.3. The standard InChI is InChI=1S/C20H18N4O2.C19H19N5O.C19H19N5.C18H16IN5.C17H15N5/c1-26-20(25)19-13(8-9-21-19)18-12-5-3-2-4-11(12)17-14-10-22-24-15(14)6-7-16(17)23-18;25-8-7-24-11-12(9-21-24)19-14-4-2-1-3-13(14)18-15-10-20-23-16(15)5-6-17(18)22-19;1-11-15(10-24(2)23-11)19-13-6-4-3-5-12(13)18-14-9-20-22-16(14)7-8-17(18)21-19;1-9-12(8-20-22-9)17-11-5-3-2-4-10(11)15-13(21-17)6-7-14-16(15)18(19)24-23-14;1-2-4-11-10(3-1)16-12-7-20-22-13(12)5-6-14(16)21-17(11)15-8-18-9-19-15/h6-10,21H,2-5H2,1H3,(H,22,24);5-6,9-11,25H,1-4,7-8H2,(H,20,23);7-10H,3-6H2,1-2H3,(H,20,22);6-8H,2-5H2,1H3,(H,20,22)(H,23,24);5-9H,1-4H2,(H,18,19)(H,20,22). The van der Waals surface area contributed by atoms with Crippen LogP contribution in [-0.2, 0) is 82.5 Å². The number of ether oxygens (including phenoxy) is 1. The van der Waals surface area contributed by atoms with E-state index in [1.54, 1.807) is 17.2 Å². The lowest BCUT2D eigenvalue weighted by Gasteiger charge is -2.21. The Bertz CT molecular complexity index is 7430. The second-order valence-corrected chi connectivity index (χ2v) is 33.4. The SMILES string of the molecule is COC(=O)c1[nH]ccc1-c1nc2ccc3[nH]ncc3c2c2c1CCCC2.Cc1[nH]ncc1-c1nc2ccc3n[nH]c(I)c3c2c2c1CCCC2.Cc1nn(C)cc1-c1nc2ccc3[nH]ncc3c2c2c1CCCC2.OCCn1cc(-c2nc3ccc4[nH]ncc4c3c3c2CCCC3)cn1.c1ncc(-c2nc3ccc4[nH]ncc4c3c3c2CCCC3)[nH]1. The van der Waals surface area contributed by atoms with E-state index in [1.165, 1.54) is 157 Å². The molecule has 20 aromatic rings. The maximum absolute atomic E-state index is 12.1. The van der Waals surface area contributed by atoms with E-state index in [4.69, 9.17) is 34.8 Å². The third-order valence-electron chi connectivity index (χ3n) is 25.2. The fourth-order valence-corrected chi connectivity index (χ4v) is 20.4. The van der Waals surface area contributed by atoms with Crippen LogP contribution < -0.4 is 0 Å². The second-order valence-electron chi connectivity index (χ2n) is 32.3. The van der Waals surface area contributed by atoms with E-state index in [2.05, 4.69) is 171 Å². The maximum Gasteiger partial charge on any atom is 0.355 e. The van der Waals surface area contributed by atoms with Crippen molar-refractivity contribution in [3.05, 3.63) is 211 Å². The number of rotatable bonds is 8. The summed E-state index contributed by atoms with van der Waals surface area (Å²) >= 11 is 2.34. The minimum Gasteiger partial charge on any atom is -0.464 e. The lowest BCUT2D eigenvalue weighted by molar-refractivity contribution is 0.0595. The van der Waals surface area contributed by atoms with Crippen molar-refractivity contribution in [1.82, 2.24) is 121 Å². The molecule has 27 nitrogen and oxygen atoms in total. The van der Waals surface area contributed by atoms with Gasteiger partial charge in [-0.15, -0.1) is 0 Å². The zero-order chi connectivity index (χ0) is 81.5. The number of aliphatic hydroxyl groups is 1. The number of imidazole rings is 1. The van der Waals surface area contributed by atoms with Crippen molar-refractivity contribution in [1.29, 1.82) is 0 Å². The Hall–Kier alpha value is -13.2. The minimum atomic E-state index is -0.373. The van der Waals surface area contributed by atoms with E-state index >= 15 is 0 Å². The van der Waals surface area contributed by atoms with Crippen molar-refractivity contribution < 1.29 is 14.6 Å². The molecule has 15 heterocycles. The molecule has 25 rings (SSSR count). The number of nitrogens with one attached hydrogen (secondary N) is 8. The fraction of sp³-hybridized carbons (Fsp3) is 0.280. The Labute approximate surface area is 705 Å². The number of carbonyl (C=O) groups is 1. The predicted octanol–water partition coefficient (Wildman–Crippen LogP) is 18.0. The summed E-state index contributed by atoms with van der Waals surface area (Å²) in [4.78, 5) is 47.6. The highest BCUT2D eigenvalue weighted by atomic mass is 127. The zero-order valence-electron chi connectivity index (χ0n) is 67.6. The van der Waals surface area contributed by atoms with Crippen molar-refractivity contribution >= 4 is 138 Å². The van der Waals surface area contributed by atoms with Gasteiger partial charge in [-0.2, -0.15) is 40.8 Å². The van der Waals surface area contributed by atoms with Gasteiger partial charge in [-0.05, 0) is 287 Å². The number of benzene rings is 5. The third-order valence-corrected chi connectivity index (χ3v) is 26.0. The summed E-state index contributed by atoms with van der Waals surface area (Å²) in [6, 6.07) is 22.6. The monoisotopic (exact) mass is 1710 g/mol. The summed E-state index contributed by atoms with van der Waals surface area (Å²) < 4.78 is 9.67. The molecule has 0 saturated carbocycles. The van der Waals surface area contributed by atoms with Crippen molar-refractivity contribution in [2.75, 3.05) is 13.7 Å². The molecule has 604 valence electrons. The highest BCUT2D eigenvalue weighted by Crippen LogP contribution is 2.45. The Morgan fingerprint density at radius 3 is 1.31 bits per heavy atom. The summed E-state index contributed by atoms with van der Waals surface area (Å²) in [5, 5.41) is 74.0. The molecule has 0 radical (unpaired) electrons. The Morgan fingerprint density at radius 1 is 0.438 bits per heavy atom. The molecule has 0 amide bonds. The molecule has 0 fully saturated rings. The average molecular weight is 1720 g/mol. The number of esters is 1. The lowest BCUT2D eigenvalue weighted by atomic mass is 9.85. The van der Waals surface area contributed by atoms with Gasteiger partial charge in [0.05, 0.1) is 165 Å². The number of aliphatic hydroxyl groups excluding tert-OH is 1. The van der Waals surface area contributed by atoms with Crippen LogP contribution in [0.2, 0.25) is 0 Å². The number of halogens is 1. The van der Waals surface area contributed by atoms with Crippen molar-refractivity contribution in [3.8, 4) is 56.4 Å². The van der Waals surface area contributed by atoms with Crippen molar-refractivity contribution in [3.63, 3.8) is 0 Å². The number of aromatic nitrogens is 24. The predicted molar refractivity (Wildman–Crippen MR) is 479 cm³/mol.